The molecule has 0 N–H and O–H groups in total. The van der Waals surface area contributed by atoms with Gasteiger partial charge in [-0.05, 0) is 17.9 Å². The predicted octanol–water partition coefficient (Wildman–Crippen LogP) is 3.47. The SMILES string of the molecule is CCCCOC(=O)[C@H]1[C@@H]2C=C[C@@]3(CN(c4cccc5ccccc45)C(=O)[C@H]13)O2. The van der Waals surface area contributed by atoms with Crippen LogP contribution in [0.25, 0.3) is 10.8 Å². The summed E-state index contributed by atoms with van der Waals surface area (Å²) in [5.74, 6) is -1.45. The van der Waals surface area contributed by atoms with Crippen molar-refractivity contribution >= 4 is 28.3 Å². The predicted molar refractivity (Wildman–Crippen MR) is 106 cm³/mol. The van der Waals surface area contributed by atoms with E-state index in [1.165, 1.54) is 0 Å². The van der Waals surface area contributed by atoms with Gasteiger partial charge in [-0.25, -0.2) is 0 Å². The highest BCUT2D eigenvalue weighted by molar-refractivity contribution is 6.08. The number of rotatable bonds is 5. The van der Waals surface area contributed by atoms with E-state index in [0.29, 0.717) is 13.2 Å². The van der Waals surface area contributed by atoms with Gasteiger partial charge in [-0.15, -0.1) is 0 Å². The number of hydrogen-bond acceptors (Lipinski definition) is 4. The van der Waals surface area contributed by atoms with Gasteiger partial charge < -0.3 is 14.4 Å². The summed E-state index contributed by atoms with van der Waals surface area (Å²) in [5, 5.41) is 2.11. The van der Waals surface area contributed by atoms with Gasteiger partial charge in [0, 0.05) is 5.39 Å². The van der Waals surface area contributed by atoms with Gasteiger partial charge in [-0.2, -0.15) is 0 Å². The minimum absolute atomic E-state index is 0.0550. The average molecular weight is 377 g/mol. The molecule has 2 aromatic carbocycles. The van der Waals surface area contributed by atoms with E-state index >= 15 is 0 Å². The number of fused-ring (bicyclic) bond motifs is 2. The van der Waals surface area contributed by atoms with Crippen LogP contribution in [0.2, 0.25) is 0 Å². The van der Waals surface area contributed by atoms with Gasteiger partial charge in [-0.1, -0.05) is 61.9 Å². The zero-order chi connectivity index (χ0) is 19.3. The number of carbonyl (C=O) groups is 2. The molecule has 3 aliphatic rings. The van der Waals surface area contributed by atoms with Gasteiger partial charge in [0.1, 0.15) is 11.5 Å². The number of unbranched alkanes of at least 4 members (excludes halogenated alkanes) is 1. The molecule has 5 nitrogen and oxygen atoms in total. The summed E-state index contributed by atoms with van der Waals surface area (Å²) in [7, 11) is 0. The molecule has 3 aliphatic heterocycles. The van der Waals surface area contributed by atoms with E-state index in [2.05, 4.69) is 6.92 Å². The molecule has 0 aromatic heterocycles. The molecule has 2 aromatic rings. The molecular weight excluding hydrogens is 354 g/mol. The van der Waals surface area contributed by atoms with Gasteiger partial charge in [0.2, 0.25) is 5.91 Å². The van der Waals surface area contributed by atoms with Crippen LogP contribution < -0.4 is 4.90 Å². The van der Waals surface area contributed by atoms with Crippen molar-refractivity contribution in [2.45, 2.75) is 31.5 Å². The topological polar surface area (TPSA) is 55.8 Å². The lowest BCUT2D eigenvalue weighted by atomic mass is 9.77. The lowest BCUT2D eigenvalue weighted by Gasteiger charge is -2.23. The van der Waals surface area contributed by atoms with Gasteiger partial charge in [-0.3, -0.25) is 9.59 Å². The number of ether oxygens (including phenoxy) is 2. The van der Waals surface area contributed by atoms with E-state index in [-0.39, 0.29) is 18.0 Å². The summed E-state index contributed by atoms with van der Waals surface area (Å²) in [6.07, 6.45) is 5.31. The van der Waals surface area contributed by atoms with Crippen molar-refractivity contribution in [3.05, 3.63) is 54.6 Å². The highest BCUT2D eigenvalue weighted by atomic mass is 16.6. The first-order valence-electron chi connectivity index (χ1n) is 9.97. The lowest BCUT2D eigenvalue weighted by molar-refractivity contribution is -0.152. The van der Waals surface area contributed by atoms with Gasteiger partial charge in [0.15, 0.2) is 0 Å². The van der Waals surface area contributed by atoms with Crippen molar-refractivity contribution in [3.8, 4) is 0 Å². The molecule has 2 saturated heterocycles. The second-order valence-electron chi connectivity index (χ2n) is 7.84. The molecule has 144 valence electrons. The maximum atomic E-state index is 13.5. The Bertz CT molecular complexity index is 978. The van der Waals surface area contributed by atoms with E-state index in [0.717, 1.165) is 29.3 Å². The minimum Gasteiger partial charge on any atom is -0.465 e. The van der Waals surface area contributed by atoms with Crippen molar-refractivity contribution in [2.75, 3.05) is 18.1 Å². The van der Waals surface area contributed by atoms with Crippen LogP contribution in [0.4, 0.5) is 5.69 Å². The fourth-order valence-corrected chi connectivity index (χ4v) is 4.83. The van der Waals surface area contributed by atoms with Crippen LogP contribution in [0.15, 0.2) is 54.6 Å². The van der Waals surface area contributed by atoms with Crippen LogP contribution in [0, 0.1) is 11.8 Å². The maximum Gasteiger partial charge on any atom is 0.312 e. The van der Waals surface area contributed by atoms with Crippen molar-refractivity contribution < 1.29 is 19.1 Å². The first-order chi connectivity index (χ1) is 13.6. The van der Waals surface area contributed by atoms with Crippen molar-refractivity contribution in [1.82, 2.24) is 0 Å². The Labute approximate surface area is 163 Å². The van der Waals surface area contributed by atoms with Crippen molar-refractivity contribution in [2.24, 2.45) is 11.8 Å². The van der Waals surface area contributed by atoms with Crippen LogP contribution >= 0.6 is 0 Å². The Morgan fingerprint density at radius 1 is 1.25 bits per heavy atom. The zero-order valence-electron chi connectivity index (χ0n) is 15.8. The number of anilines is 1. The van der Waals surface area contributed by atoms with E-state index in [1.807, 2.05) is 54.6 Å². The first-order valence-corrected chi connectivity index (χ1v) is 9.97. The second-order valence-corrected chi connectivity index (χ2v) is 7.84. The monoisotopic (exact) mass is 377 g/mol. The standard InChI is InChI=1S/C23H23NO4/c1-2-3-13-27-22(26)19-18-11-12-23(28-18)14-24(21(25)20(19)23)17-10-6-8-15-7-4-5-9-16(15)17/h4-12,18-20H,2-3,13-14H2,1H3/t18-,19-,20-,23-/m0/s1. The number of amides is 1. The highest BCUT2D eigenvalue weighted by Gasteiger charge is 2.67. The Hall–Kier alpha value is -2.66. The number of nitrogens with zero attached hydrogens (tertiary/aromatic N) is 1. The Kier molecular flexibility index (Phi) is 4.02. The Morgan fingerprint density at radius 2 is 2.07 bits per heavy atom. The fourth-order valence-electron chi connectivity index (χ4n) is 4.83. The summed E-state index contributed by atoms with van der Waals surface area (Å²) < 4.78 is 11.6. The fraction of sp³-hybridized carbons (Fsp3) is 0.391. The summed E-state index contributed by atoms with van der Waals surface area (Å²) in [6, 6.07) is 14.0. The molecule has 5 heteroatoms. The van der Waals surface area contributed by atoms with Crippen LogP contribution in [0.3, 0.4) is 0 Å². The maximum absolute atomic E-state index is 13.5. The van der Waals surface area contributed by atoms with Crippen molar-refractivity contribution in [3.63, 3.8) is 0 Å². The molecule has 5 rings (SSSR count). The van der Waals surface area contributed by atoms with Crippen LogP contribution in [0.5, 0.6) is 0 Å². The number of esters is 1. The minimum atomic E-state index is -0.729. The van der Waals surface area contributed by atoms with Gasteiger partial charge in [0.05, 0.1) is 30.9 Å². The summed E-state index contributed by atoms with van der Waals surface area (Å²) >= 11 is 0. The van der Waals surface area contributed by atoms with Gasteiger partial charge >= 0.3 is 5.97 Å². The van der Waals surface area contributed by atoms with Crippen LogP contribution in [-0.2, 0) is 19.1 Å². The Balaban J connectivity index is 1.49. The summed E-state index contributed by atoms with van der Waals surface area (Å²) in [6.45, 7) is 2.87. The van der Waals surface area contributed by atoms with Crippen LogP contribution in [0.1, 0.15) is 19.8 Å². The summed E-state index contributed by atoms with van der Waals surface area (Å²) in [5.41, 5.74) is 0.137. The Morgan fingerprint density at radius 3 is 2.93 bits per heavy atom. The summed E-state index contributed by atoms with van der Waals surface area (Å²) in [4.78, 5) is 28.0. The number of benzene rings is 2. The third-order valence-corrected chi connectivity index (χ3v) is 6.17. The molecule has 4 atom stereocenters. The first kappa shape index (κ1) is 17.4. The molecular formula is C23H23NO4. The molecule has 0 aliphatic carbocycles. The number of hydrogen-bond donors (Lipinski definition) is 0. The smallest absolute Gasteiger partial charge is 0.312 e. The third-order valence-electron chi connectivity index (χ3n) is 6.17. The molecule has 0 saturated carbocycles. The molecule has 0 unspecified atom stereocenters. The molecule has 2 fully saturated rings. The van der Waals surface area contributed by atoms with E-state index < -0.39 is 17.4 Å². The van der Waals surface area contributed by atoms with Crippen LogP contribution in [-0.4, -0.2) is 36.7 Å². The molecule has 3 heterocycles. The molecule has 0 radical (unpaired) electrons. The number of carbonyl (C=O) groups excluding carboxylic acids is 2. The normalized spacial score (nSPS) is 30.2. The quantitative estimate of drug-likeness (QED) is 0.455. The van der Waals surface area contributed by atoms with E-state index in [1.54, 1.807) is 4.90 Å². The zero-order valence-corrected chi connectivity index (χ0v) is 15.8. The van der Waals surface area contributed by atoms with Gasteiger partial charge in [0.25, 0.3) is 0 Å². The third kappa shape index (κ3) is 2.42. The second kappa shape index (κ2) is 6.45. The molecule has 1 spiro atoms. The lowest BCUT2D eigenvalue weighted by Crippen LogP contribution is -2.40. The average Bonchev–Trinajstić information content (AvgIpc) is 3.36. The van der Waals surface area contributed by atoms with E-state index in [4.69, 9.17) is 9.47 Å². The van der Waals surface area contributed by atoms with E-state index in [9.17, 15) is 9.59 Å². The van der Waals surface area contributed by atoms with Crippen molar-refractivity contribution in [1.29, 1.82) is 0 Å². The highest BCUT2D eigenvalue weighted by Crippen LogP contribution is 2.53. The largest absolute Gasteiger partial charge is 0.465 e. The molecule has 2 bridgehead atoms. The molecule has 1 amide bonds. The molecule has 28 heavy (non-hydrogen) atoms.